The number of primary amides is 1. The number of likely N-dealkylation sites (N-methyl/N-ethyl adjacent to an activating group) is 1. The molecule has 0 aromatic carbocycles. The van der Waals surface area contributed by atoms with E-state index >= 15 is 0 Å². The first-order valence-electron chi connectivity index (χ1n) is 6.64. The predicted octanol–water partition coefficient (Wildman–Crippen LogP) is 0.341. The SMILES string of the molecule is CNC(C)(CCCN1CCOC(C)(C)C1)C(N)=O. The highest BCUT2D eigenvalue weighted by Crippen LogP contribution is 2.18. The number of nitrogens with one attached hydrogen (secondary N) is 1. The van der Waals surface area contributed by atoms with Gasteiger partial charge in [-0.15, -0.1) is 0 Å². The average molecular weight is 257 g/mol. The van der Waals surface area contributed by atoms with E-state index in [1.54, 1.807) is 7.05 Å². The Morgan fingerprint density at radius 3 is 2.72 bits per heavy atom. The predicted molar refractivity (Wildman–Crippen MR) is 72.4 cm³/mol. The molecule has 106 valence electrons. The van der Waals surface area contributed by atoms with Gasteiger partial charge in [0.1, 0.15) is 0 Å². The highest BCUT2D eigenvalue weighted by atomic mass is 16.5. The number of rotatable bonds is 6. The molecule has 18 heavy (non-hydrogen) atoms. The molecule has 0 spiro atoms. The van der Waals surface area contributed by atoms with Gasteiger partial charge in [-0.3, -0.25) is 9.69 Å². The van der Waals surface area contributed by atoms with Crippen LogP contribution in [0.5, 0.6) is 0 Å². The maximum absolute atomic E-state index is 11.4. The van der Waals surface area contributed by atoms with Crippen molar-refractivity contribution in [3.63, 3.8) is 0 Å². The molecule has 3 N–H and O–H groups in total. The van der Waals surface area contributed by atoms with E-state index < -0.39 is 5.54 Å². The summed E-state index contributed by atoms with van der Waals surface area (Å²) in [6.45, 7) is 9.76. The first kappa shape index (κ1) is 15.4. The summed E-state index contributed by atoms with van der Waals surface area (Å²) >= 11 is 0. The Morgan fingerprint density at radius 2 is 2.22 bits per heavy atom. The van der Waals surface area contributed by atoms with Crippen molar-refractivity contribution < 1.29 is 9.53 Å². The van der Waals surface area contributed by atoms with Crippen molar-refractivity contribution in [3.8, 4) is 0 Å². The summed E-state index contributed by atoms with van der Waals surface area (Å²) in [4.78, 5) is 13.8. The van der Waals surface area contributed by atoms with Gasteiger partial charge >= 0.3 is 0 Å². The first-order valence-corrected chi connectivity index (χ1v) is 6.64. The zero-order valence-electron chi connectivity index (χ0n) is 12.1. The maximum atomic E-state index is 11.4. The third-order valence-electron chi connectivity index (χ3n) is 3.75. The van der Waals surface area contributed by atoms with Crippen molar-refractivity contribution in [3.05, 3.63) is 0 Å². The number of hydrogen-bond acceptors (Lipinski definition) is 4. The summed E-state index contributed by atoms with van der Waals surface area (Å²) in [6, 6.07) is 0. The van der Waals surface area contributed by atoms with Crippen LogP contribution in [0.4, 0.5) is 0 Å². The Bertz CT molecular complexity index is 294. The fraction of sp³-hybridized carbons (Fsp3) is 0.923. The molecule has 5 heteroatoms. The average Bonchev–Trinajstić information content (AvgIpc) is 2.27. The van der Waals surface area contributed by atoms with Gasteiger partial charge in [0.2, 0.25) is 5.91 Å². The van der Waals surface area contributed by atoms with Crippen molar-refractivity contribution in [1.82, 2.24) is 10.2 Å². The zero-order valence-corrected chi connectivity index (χ0v) is 12.1. The van der Waals surface area contributed by atoms with Crippen molar-refractivity contribution in [2.24, 2.45) is 5.73 Å². The van der Waals surface area contributed by atoms with Crippen LogP contribution in [0.3, 0.4) is 0 Å². The first-order chi connectivity index (χ1) is 8.29. The molecule has 0 aliphatic carbocycles. The third kappa shape index (κ3) is 4.23. The van der Waals surface area contributed by atoms with E-state index in [4.69, 9.17) is 10.5 Å². The summed E-state index contributed by atoms with van der Waals surface area (Å²) in [5, 5.41) is 3.01. The molecule has 5 nitrogen and oxygen atoms in total. The molecule has 0 bridgehead atoms. The lowest BCUT2D eigenvalue weighted by Gasteiger charge is -2.38. The van der Waals surface area contributed by atoms with Crippen LogP contribution >= 0.6 is 0 Å². The van der Waals surface area contributed by atoms with Crippen LogP contribution in [0, 0.1) is 0 Å². The quantitative estimate of drug-likeness (QED) is 0.720. The molecule has 1 fully saturated rings. The normalized spacial score (nSPS) is 23.6. The Balaban J connectivity index is 2.35. The molecule has 0 saturated carbocycles. The zero-order chi connectivity index (χ0) is 13.8. The Kier molecular flexibility index (Phi) is 5.13. The van der Waals surface area contributed by atoms with Crippen LogP contribution in [0.25, 0.3) is 0 Å². The van der Waals surface area contributed by atoms with Crippen LogP contribution in [-0.2, 0) is 9.53 Å². The number of nitrogens with zero attached hydrogens (tertiary/aromatic N) is 1. The van der Waals surface area contributed by atoms with Crippen molar-refractivity contribution in [1.29, 1.82) is 0 Å². The molecule has 1 saturated heterocycles. The molecule has 1 unspecified atom stereocenters. The number of nitrogens with two attached hydrogens (primary N) is 1. The Labute approximate surface area is 110 Å². The van der Waals surface area contributed by atoms with Gasteiger partial charge in [0.25, 0.3) is 0 Å². The molecule has 1 rings (SSSR count). The standard InChI is InChI=1S/C13H27N3O2/c1-12(2)10-16(8-9-18-12)7-5-6-13(3,15-4)11(14)17/h15H,5-10H2,1-4H3,(H2,14,17). The van der Waals surface area contributed by atoms with Gasteiger partial charge in [0.05, 0.1) is 17.7 Å². The van der Waals surface area contributed by atoms with E-state index in [0.29, 0.717) is 0 Å². The summed E-state index contributed by atoms with van der Waals surface area (Å²) in [7, 11) is 1.78. The summed E-state index contributed by atoms with van der Waals surface area (Å²) in [5.41, 5.74) is 4.75. The molecule has 1 aliphatic heterocycles. The Morgan fingerprint density at radius 1 is 1.56 bits per heavy atom. The largest absolute Gasteiger partial charge is 0.373 e. The second-order valence-electron chi connectivity index (χ2n) is 5.93. The number of ether oxygens (including phenoxy) is 1. The van der Waals surface area contributed by atoms with Gasteiger partial charge in [0, 0.05) is 13.1 Å². The van der Waals surface area contributed by atoms with Gasteiger partial charge in [-0.05, 0) is 47.2 Å². The van der Waals surface area contributed by atoms with E-state index in [0.717, 1.165) is 39.1 Å². The van der Waals surface area contributed by atoms with E-state index in [-0.39, 0.29) is 11.5 Å². The van der Waals surface area contributed by atoms with E-state index in [1.165, 1.54) is 0 Å². The van der Waals surface area contributed by atoms with Gasteiger partial charge in [0.15, 0.2) is 0 Å². The van der Waals surface area contributed by atoms with E-state index in [1.807, 2.05) is 6.92 Å². The maximum Gasteiger partial charge on any atom is 0.237 e. The van der Waals surface area contributed by atoms with E-state index in [9.17, 15) is 4.79 Å². The summed E-state index contributed by atoms with van der Waals surface area (Å²) in [5.74, 6) is -0.285. The second-order valence-corrected chi connectivity index (χ2v) is 5.93. The minimum atomic E-state index is -0.595. The number of morpholine rings is 1. The van der Waals surface area contributed by atoms with Crippen molar-refractivity contribution in [2.75, 3.05) is 33.3 Å². The van der Waals surface area contributed by atoms with Crippen LogP contribution < -0.4 is 11.1 Å². The summed E-state index contributed by atoms with van der Waals surface area (Å²) in [6.07, 6.45) is 1.72. The molecule has 1 aliphatic rings. The minimum Gasteiger partial charge on any atom is -0.373 e. The van der Waals surface area contributed by atoms with Crippen LogP contribution in [-0.4, -0.2) is 55.2 Å². The molecule has 0 aromatic rings. The lowest BCUT2D eigenvalue weighted by Crippen LogP contribution is -2.52. The molecule has 0 aromatic heterocycles. The van der Waals surface area contributed by atoms with Gasteiger partial charge in [-0.2, -0.15) is 0 Å². The van der Waals surface area contributed by atoms with Crippen LogP contribution in [0.15, 0.2) is 0 Å². The second kappa shape index (κ2) is 5.99. The van der Waals surface area contributed by atoms with E-state index in [2.05, 4.69) is 24.1 Å². The highest BCUT2D eigenvalue weighted by molar-refractivity contribution is 5.84. The topological polar surface area (TPSA) is 67.6 Å². The fourth-order valence-electron chi connectivity index (χ4n) is 2.33. The number of carbonyl (C=O) groups excluding carboxylic acids is 1. The van der Waals surface area contributed by atoms with Gasteiger partial charge in [-0.1, -0.05) is 0 Å². The molecule has 0 radical (unpaired) electrons. The smallest absolute Gasteiger partial charge is 0.237 e. The lowest BCUT2D eigenvalue weighted by molar-refractivity contribution is -0.124. The molecular weight excluding hydrogens is 230 g/mol. The minimum absolute atomic E-state index is 0.0613. The highest BCUT2D eigenvalue weighted by Gasteiger charge is 2.30. The number of hydrogen-bond donors (Lipinski definition) is 2. The third-order valence-corrected chi connectivity index (χ3v) is 3.75. The molecule has 1 amide bonds. The Hall–Kier alpha value is -0.650. The van der Waals surface area contributed by atoms with Gasteiger partial charge < -0.3 is 15.8 Å². The molecular formula is C13H27N3O2. The van der Waals surface area contributed by atoms with Crippen molar-refractivity contribution >= 4 is 5.91 Å². The van der Waals surface area contributed by atoms with Crippen LogP contribution in [0.1, 0.15) is 33.6 Å². The molecule has 1 heterocycles. The van der Waals surface area contributed by atoms with Gasteiger partial charge in [-0.25, -0.2) is 0 Å². The molecule has 1 atom stereocenters. The fourth-order valence-corrected chi connectivity index (χ4v) is 2.33. The number of carbonyl (C=O) groups is 1. The van der Waals surface area contributed by atoms with Crippen molar-refractivity contribution in [2.45, 2.75) is 44.8 Å². The monoisotopic (exact) mass is 257 g/mol. The summed E-state index contributed by atoms with van der Waals surface area (Å²) < 4.78 is 5.67. The lowest BCUT2D eigenvalue weighted by atomic mass is 9.95. The number of amides is 1. The van der Waals surface area contributed by atoms with Crippen LogP contribution in [0.2, 0.25) is 0 Å².